The van der Waals surface area contributed by atoms with Crippen molar-refractivity contribution in [3.8, 4) is 0 Å². The van der Waals surface area contributed by atoms with Crippen molar-refractivity contribution in [1.82, 2.24) is 9.13 Å². The lowest BCUT2D eigenvalue weighted by Gasteiger charge is -2.42. The molecule has 0 aromatic heterocycles. The van der Waals surface area contributed by atoms with E-state index in [2.05, 4.69) is 9.13 Å². The van der Waals surface area contributed by atoms with E-state index in [1.54, 1.807) is 14.2 Å². The normalized spacial score (nSPS) is 20.4. The molecular formula is C9H22N2O2Si. The van der Waals surface area contributed by atoms with E-state index in [4.69, 9.17) is 8.85 Å². The van der Waals surface area contributed by atoms with Crippen LogP contribution in [-0.4, -0.2) is 59.4 Å². The third-order valence-corrected chi connectivity index (χ3v) is 6.29. The molecule has 0 bridgehead atoms. The number of nitrogens with zero attached hydrogens (tertiary/aromatic N) is 2. The van der Waals surface area contributed by atoms with Crippen LogP contribution in [0.15, 0.2) is 0 Å². The first-order chi connectivity index (χ1) is 6.67. The Bertz CT molecular complexity index is 168. The van der Waals surface area contributed by atoms with Crippen molar-refractivity contribution in [2.45, 2.75) is 19.3 Å². The number of piperidine rings is 1. The maximum Gasteiger partial charge on any atom is 0.521 e. The van der Waals surface area contributed by atoms with Crippen molar-refractivity contribution >= 4 is 8.88 Å². The summed E-state index contributed by atoms with van der Waals surface area (Å²) in [6, 6.07) is 0. The van der Waals surface area contributed by atoms with Gasteiger partial charge in [-0.2, -0.15) is 0 Å². The Morgan fingerprint density at radius 1 is 1.00 bits per heavy atom. The fourth-order valence-corrected chi connectivity index (χ4v) is 5.03. The molecule has 4 nitrogen and oxygen atoms in total. The minimum Gasteiger partial charge on any atom is -0.374 e. The number of rotatable bonds is 4. The standard InChI is InChI=1S/C9H22N2O2Si/c1-10(2)14(12-3,13-4)11-8-6-5-7-9-11/h5-9H2,1-4H3. The van der Waals surface area contributed by atoms with Crippen molar-refractivity contribution in [2.75, 3.05) is 41.4 Å². The minimum absolute atomic E-state index is 1.10. The molecule has 0 aliphatic carbocycles. The van der Waals surface area contributed by atoms with Crippen molar-refractivity contribution < 1.29 is 8.85 Å². The first kappa shape index (κ1) is 12.1. The van der Waals surface area contributed by atoms with Gasteiger partial charge in [-0.15, -0.1) is 0 Å². The Labute approximate surface area is 88.2 Å². The first-order valence-electron chi connectivity index (χ1n) is 5.20. The van der Waals surface area contributed by atoms with E-state index < -0.39 is 8.88 Å². The maximum atomic E-state index is 5.66. The van der Waals surface area contributed by atoms with Gasteiger partial charge in [-0.1, -0.05) is 6.42 Å². The van der Waals surface area contributed by atoms with Crippen LogP contribution in [0, 0.1) is 0 Å². The van der Waals surface area contributed by atoms with Gasteiger partial charge < -0.3 is 8.85 Å². The molecule has 0 amide bonds. The molecule has 1 aliphatic rings. The highest BCUT2D eigenvalue weighted by molar-refractivity contribution is 6.61. The molecule has 14 heavy (non-hydrogen) atoms. The van der Waals surface area contributed by atoms with Crippen LogP contribution in [0.25, 0.3) is 0 Å². The Morgan fingerprint density at radius 3 is 1.86 bits per heavy atom. The summed E-state index contributed by atoms with van der Waals surface area (Å²) in [6.45, 7) is 2.21. The highest BCUT2D eigenvalue weighted by Crippen LogP contribution is 2.20. The average Bonchev–Trinajstić information content (AvgIpc) is 2.22. The topological polar surface area (TPSA) is 24.9 Å². The van der Waals surface area contributed by atoms with E-state index >= 15 is 0 Å². The summed E-state index contributed by atoms with van der Waals surface area (Å²) in [5, 5.41) is 0. The first-order valence-corrected chi connectivity index (χ1v) is 6.91. The van der Waals surface area contributed by atoms with E-state index in [1.165, 1.54) is 19.3 Å². The van der Waals surface area contributed by atoms with E-state index in [0.717, 1.165) is 13.1 Å². The zero-order chi connectivity index (χ0) is 10.6. The van der Waals surface area contributed by atoms with Crippen molar-refractivity contribution in [3.63, 3.8) is 0 Å². The van der Waals surface area contributed by atoms with Crippen LogP contribution in [-0.2, 0) is 8.85 Å². The second kappa shape index (κ2) is 5.23. The van der Waals surface area contributed by atoms with Gasteiger partial charge >= 0.3 is 8.88 Å². The van der Waals surface area contributed by atoms with Crippen LogP contribution in [0.2, 0.25) is 0 Å². The van der Waals surface area contributed by atoms with Crippen molar-refractivity contribution in [3.05, 3.63) is 0 Å². The van der Waals surface area contributed by atoms with Gasteiger partial charge in [-0.3, -0.25) is 9.13 Å². The molecule has 0 unspecified atom stereocenters. The molecule has 1 saturated heterocycles. The number of hydrogen-bond acceptors (Lipinski definition) is 4. The third-order valence-electron chi connectivity index (χ3n) is 2.85. The zero-order valence-electron chi connectivity index (χ0n) is 9.75. The van der Waals surface area contributed by atoms with Crippen LogP contribution < -0.4 is 0 Å². The summed E-state index contributed by atoms with van der Waals surface area (Å²) < 4.78 is 15.8. The number of hydrogen-bond donors (Lipinski definition) is 0. The minimum atomic E-state index is -2.25. The Morgan fingerprint density at radius 2 is 1.50 bits per heavy atom. The van der Waals surface area contributed by atoms with Gasteiger partial charge in [-0.05, 0) is 40.0 Å². The van der Waals surface area contributed by atoms with Crippen LogP contribution in [0.4, 0.5) is 0 Å². The lowest BCUT2D eigenvalue weighted by molar-refractivity contribution is 0.102. The average molecular weight is 218 g/mol. The SMILES string of the molecule is CO[Si](OC)(N(C)C)N1CCCCC1. The smallest absolute Gasteiger partial charge is 0.374 e. The molecule has 5 heteroatoms. The molecule has 1 rings (SSSR count). The summed E-state index contributed by atoms with van der Waals surface area (Å²) in [6.07, 6.45) is 3.85. The van der Waals surface area contributed by atoms with Gasteiger partial charge in [0.1, 0.15) is 0 Å². The quantitative estimate of drug-likeness (QED) is 0.651. The zero-order valence-corrected chi connectivity index (χ0v) is 10.7. The predicted molar refractivity (Wildman–Crippen MR) is 58.9 cm³/mol. The van der Waals surface area contributed by atoms with Crippen LogP contribution in [0.5, 0.6) is 0 Å². The van der Waals surface area contributed by atoms with Crippen LogP contribution in [0.1, 0.15) is 19.3 Å². The Balaban J connectivity index is 2.73. The van der Waals surface area contributed by atoms with Gasteiger partial charge in [0.05, 0.1) is 0 Å². The maximum absolute atomic E-state index is 5.66. The summed E-state index contributed by atoms with van der Waals surface area (Å²) in [5.74, 6) is 0. The predicted octanol–water partition coefficient (Wildman–Crippen LogP) is 0.762. The second-order valence-electron chi connectivity index (χ2n) is 3.90. The molecule has 0 aromatic rings. The van der Waals surface area contributed by atoms with Crippen LogP contribution in [0.3, 0.4) is 0 Å². The van der Waals surface area contributed by atoms with Crippen molar-refractivity contribution in [2.24, 2.45) is 0 Å². The molecule has 1 fully saturated rings. The Hall–Kier alpha value is 0.0569. The summed E-state index contributed by atoms with van der Waals surface area (Å²) >= 11 is 0. The van der Waals surface area contributed by atoms with Gasteiger partial charge in [-0.25, -0.2) is 0 Å². The van der Waals surface area contributed by atoms with Gasteiger partial charge in [0.15, 0.2) is 0 Å². The van der Waals surface area contributed by atoms with Crippen molar-refractivity contribution in [1.29, 1.82) is 0 Å². The van der Waals surface area contributed by atoms with E-state index in [1.807, 2.05) is 14.1 Å². The van der Waals surface area contributed by atoms with Gasteiger partial charge in [0.2, 0.25) is 0 Å². The molecule has 84 valence electrons. The fraction of sp³-hybridized carbons (Fsp3) is 1.00. The third kappa shape index (κ3) is 2.17. The lowest BCUT2D eigenvalue weighted by atomic mass is 10.2. The largest absolute Gasteiger partial charge is 0.521 e. The van der Waals surface area contributed by atoms with Gasteiger partial charge in [0.25, 0.3) is 0 Å². The molecule has 0 saturated carbocycles. The van der Waals surface area contributed by atoms with Gasteiger partial charge in [0, 0.05) is 14.2 Å². The fourth-order valence-electron chi connectivity index (χ4n) is 2.17. The molecule has 0 radical (unpaired) electrons. The monoisotopic (exact) mass is 218 g/mol. The highest BCUT2D eigenvalue weighted by atomic mass is 28.4. The molecule has 1 aliphatic heterocycles. The molecule has 0 atom stereocenters. The molecule has 1 heterocycles. The molecule has 0 N–H and O–H groups in total. The molecule has 0 spiro atoms. The van der Waals surface area contributed by atoms with E-state index in [9.17, 15) is 0 Å². The highest BCUT2D eigenvalue weighted by Gasteiger charge is 2.47. The summed E-state index contributed by atoms with van der Waals surface area (Å²) in [7, 11) is 5.33. The summed E-state index contributed by atoms with van der Waals surface area (Å²) in [4.78, 5) is 0. The van der Waals surface area contributed by atoms with E-state index in [0.29, 0.717) is 0 Å². The summed E-state index contributed by atoms with van der Waals surface area (Å²) in [5.41, 5.74) is 0. The molecule has 0 aromatic carbocycles. The lowest BCUT2D eigenvalue weighted by Crippen LogP contribution is -2.67. The Kier molecular flexibility index (Phi) is 4.53. The van der Waals surface area contributed by atoms with Crippen LogP contribution >= 0.6 is 0 Å². The second-order valence-corrected chi connectivity index (χ2v) is 7.34. The van der Waals surface area contributed by atoms with E-state index in [-0.39, 0.29) is 0 Å². The molecular weight excluding hydrogens is 196 g/mol.